The molecule has 1 atom stereocenters. The molecule has 1 unspecified atom stereocenters. The normalized spacial score (nSPS) is 12.6. The maximum absolute atomic E-state index is 9.51. The Morgan fingerprint density at radius 3 is 2.88 bits per heavy atom. The van der Waals surface area contributed by atoms with Crippen molar-refractivity contribution < 1.29 is 5.11 Å². The van der Waals surface area contributed by atoms with Crippen molar-refractivity contribution in [2.75, 3.05) is 0 Å². The zero-order valence-corrected chi connectivity index (χ0v) is 10.8. The maximum Gasteiger partial charge on any atom is 0.0762 e. The summed E-state index contributed by atoms with van der Waals surface area (Å²) in [7, 11) is 1.92. The molecule has 0 aliphatic heterocycles. The van der Waals surface area contributed by atoms with Crippen LogP contribution in [0.25, 0.3) is 0 Å². The first-order valence-electron chi connectivity index (χ1n) is 5.54. The molecule has 4 heteroatoms. The Morgan fingerprint density at radius 1 is 1.41 bits per heavy atom. The number of benzene rings is 1. The fraction of sp³-hybridized carbons (Fsp3) is 0.308. The van der Waals surface area contributed by atoms with Crippen molar-refractivity contribution in [3.8, 4) is 0 Å². The van der Waals surface area contributed by atoms with Crippen LogP contribution in [0.2, 0.25) is 0 Å². The molecule has 0 radical (unpaired) electrons. The monoisotopic (exact) mass is 248 g/mol. The van der Waals surface area contributed by atoms with Gasteiger partial charge in [-0.15, -0.1) is 11.8 Å². The number of aliphatic hydroxyl groups excluding tert-OH is 1. The van der Waals surface area contributed by atoms with Gasteiger partial charge in [0.15, 0.2) is 0 Å². The van der Waals surface area contributed by atoms with Crippen LogP contribution in [-0.4, -0.2) is 14.9 Å². The molecule has 2 aromatic rings. The first-order chi connectivity index (χ1) is 8.15. The van der Waals surface area contributed by atoms with Gasteiger partial charge in [-0.05, 0) is 30.7 Å². The van der Waals surface area contributed by atoms with Gasteiger partial charge >= 0.3 is 0 Å². The largest absolute Gasteiger partial charge is 0.389 e. The van der Waals surface area contributed by atoms with E-state index in [4.69, 9.17) is 0 Å². The summed E-state index contributed by atoms with van der Waals surface area (Å²) < 4.78 is 1.81. The summed E-state index contributed by atoms with van der Waals surface area (Å²) in [6.45, 7) is 1.78. The van der Waals surface area contributed by atoms with Crippen molar-refractivity contribution >= 4 is 11.8 Å². The lowest BCUT2D eigenvalue weighted by atomic mass is 10.1. The Labute approximate surface area is 105 Å². The van der Waals surface area contributed by atoms with E-state index in [0.717, 1.165) is 21.9 Å². The minimum atomic E-state index is -0.412. The highest BCUT2D eigenvalue weighted by atomic mass is 32.2. The number of rotatable bonds is 4. The molecule has 0 saturated heterocycles. The van der Waals surface area contributed by atoms with E-state index in [-0.39, 0.29) is 0 Å². The topological polar surface area (TPSA) is 38.0 Å². The van der Waals surface area contributed by atoms with Gasteiger partial charge in [0.1, 0.15) is 0 Å². The fourth-order valence-electron chi connectivity index (χ4n) is 1.56. The molecule has 0 saturated carbocycles. The number of aliphatic hydroxyl groups is 1. The van der Waals surface area contributed by atoms with Gasteiger partial charge in [0.2, 0.25) is 0 Å². The van der Waals surface area contributed by atoms with E-state index in [2.05, 4.69) is 11.2 Å². The second-order valence-corrected chi connectivity index (χ2v) is 5.07. The summed E-state index contributed by atoms with van der Waals surface area (Å²) in [5, 5.41) is 13.8. The lowest BCUT2D eigenvalue weighted by molar-refractivity contribution is 0.199. The number of thioether (sulfide) groups is 1. The smallest absolute Gasteiger partial charge is 0.0762 e. The third-order valence-corrected chi connectivity index (χ3v) is 3.52. The Bertz CT molecular complexity index is 494. The molecule has 0 aliphatic rings. The summed E-state index contributed by atoms with van der Waals surface area (Å²) in [4.78, 5) is 1.16. The zero-order valence-electron chi connectivity index (χ0n) is 10.00. The molecular formula is C13H16N2OS. The first-order valence-corrected chi connectivity index (χ1v) is 6.53. The fourth-order valence-corrected chi connectivity index (χ4v) is 2.42. The predicted molar refractivity (Wildman–Crippen MR) is 69.8 cm³/mol. The summed E-state index contributed by atoms with van der Waals surface area (Å²) >= 11 is 1.73. The Kier molecular flexibility index (Phi) is 3.86. The van der Waals surface area contributed by atoms with E-state index in [1.54, 1.807) is 18.7 Å². The van der Waals surface area contributed by atoms with Crippen LogP contribution in [-0.2, 0) is 12.8 Å². The second kappa shape index (κ2) is 5.38. The van der Waals surface area contributed by atoms with Crippen molar-refractivity contribution in [2.45, 2.75) is 23.7 Å². The summed E-state index contributed by atoms with van der Waals surface area (Å²) in [6, 6.07) is 10.0. The lowest BCUT2D eigenvalue weighted by Crippen LogP contribution is -1.91. The van der Waals surface area contributed by atoms with Gasteiger partial charge in [0, 0.05) is 23.9 Å². The van der Waals surface area contributed by atoms with Crippen LogP contribution in [0.4, 0.5) is 0 Å². The van der Waals surface area contributed by atoms with Gasteiger partial charge in [-0.1, -0.05) is 12.1 Å². The standard InChI is InChI=1S/C13H16N2OS/c1-10(16)11-4-3-5-13(8-11)17-9-12-6-7-15(2)14-12/h3-8,10,16H,9H2,1-2H3. The summed E-state index contributed by atoms with van der Waals surface area (Å²) in [5.41, 5.74) is 2.02. The van der Waals surface area contributed by atoms with Crippen molar-refractivity contribution in [3.63, 3.8) is 0 Å². The summed E-state index contributed by atoms with van der Waals surface area (Å²) in [6.07, 6.45) is 1.53. The third kappa shape index (κ3) is 3.35. The SMILES string of the molecule is CC(O)c1cccc(SCc2ccn(C)n2)c1. The van der Waals surface area contributed by atoms with Gasteiger partial charge < -0.3 is 5.11 Å². The molecule has 1 aromatic carbocycles. The van der Waals surface area contributed by atoms with E-state index >= 15 is 0 Å². The Hall–Kier alpha value is -1.26. The van der Waals surface area contributed by atoms with Crippen LogP contribution < -0.4 is 0 Å². The van der Waals surface area contributed by atoms with E-state index in [0.29, 0.717) is 0 Å². The molecule has 90 valence electrons. The molecule has 1 N–H and O–H groups in total. The van der Waals surface area contributed by atoms with Gasteiger partial charge in [0.25, 0.3) is 0 Å². The third-order valence-electron chi connectivity index (χ3n) is 2.50. The van der Waals surface area contributed by atoms with E-state index in [9.17, 15) is 5.11 Å². The van der Waals surface area contributed by atoms with Gasteiger partial charge in [0.05, 0.1) is 11.8 Å². The molecule has 3 nitrogen and oxygen atoms in total. The molecule has 0 spiro atoms. The average molecular weight is 248 g/mol. The first kappa shape index (κ1) is 12.2. The van der Waals surface area contributed by atoms with Gasteiger partial charge in [-0.25, -0.2) is 0 Å². The zero-order chi connectivity index (χ0) is 12.3. The molecule has 0 bridgehead atoms. The predicted octanol–water partition coefficient (Wildman–Crippen LogP) is 2.77. The van der Waals surface area contributed by atoms with Crippen LogP contribution in [0.3, 0.4) is 0 Å². The molecule has 17 heavy (non-hydrogen) atoms. The number of aryl methyl sites for hydroxylation is 1. The average Bonchev–Trinajstić information content (AvgIpc) is 2.73. The highest BCUT2D eigenvalue weighted by Crippen LogP contribution is 2.24. The van der Waals surface area contributed by atoms with Crippen LogP contribution in [0.15, 0.2) is 41.4 Å². The maximum atomic E-state index is 9.51. The van der Waals surface area contributed by atoms with Crippen molar-refractivity contribution in [2.24, 2.45) is 7.05 Å². The van der Waals surface area contributed by atoms with E-state index in [1.807, 2.05) is 42.2 Å². The van der Waals surface area contributed by atoms with Crippen LogP contribution in [0.1, 0.15) is 24.3 Å². The quantitative estimate of drug-likeness (QED) is 0.845. The van der Waals surface area contributed by atoms with Crippen molar-refractivity contribution in [3.05, 3.63) is 47.8 Å². The molecular weight excluding hydrogens is 232 g/mol. The number of aromatic nitrogens is 2. The highest BCUT2D eigenvalue weighted by Gasteiger charge is 2.03. The molecule has 0 fully saturated rings. The Morgan fingerprint density at radius 2 is 2.24 bits per heavy atom. The van der Waals surface area contributed by atoms with Crippen LogP contribution in [0, 0.1) is 0 Å². The van der Waals surface area contributed by atoms with E-state index < -0.39 is 6.10 Å². The van der Waals surface area contributed by atoms with Crippen LogP contribution in [0.5, 0.6) is 0 Å². The minimum absolute atomic E-state index is 0.412. The van der Waals surface area contributed by atoms with Crippen LogP contribution >= 0.6 is 11.8 Å². The Balaban J connectivity index is 2.01. The van der Waals surface area contributed by atoms with E-state index in [1.165, 1.54) is 0 Å². The van der Waals surface area contributed by atoms with Gasteiger partial charge in [-0.3, -0.25) is 4.68 Å². The number of hydrogen-bond acceptors (Lipinski definition) is 3. The lowest BCUT2D eigenvalue weighted by Gasteiger charge is -2.06. The number of nitrogens with zero attached hydrogens (tertiary/aromatic N) is 2. The van der Waals surface area contributed by atoms with Crippen molar-refractivity contribution in [1.82, 2.24) is 9.78 Å². The molecule has 1 aromatic heterocycles. The highest BCUT2D eigenvalue weighted by molar-refractivity contribution is 7.98. The molecule has 2 rings (SSSR count). The second-order valence-electron chi connectivity index (χ2n) is 4.02. The summed E-state index contributed by atoms with van der Waals surface area (Å²) in [5.74, 6) is 0.851. The number of hydrogen-bond donors (Lipinski definition) is 1. The molecule has 0 amide bonds. The molecule has 0 aliphatic carbocycles. The molecule has 1 heterocycles. The minimum Gasteiger partial charge on any atom is -0.389 e. The van der Waals surface area contributed by atoms with Gasteiger partial charge in [-0.2, -0.15) is 5.10 Å². The van der Waals surface area contributed by atoms with Crippen molar-refractivity contribution in [1.29, 1.82) is 0 Å².